The van der Waals surface area contributed by atoms with Gasteiger partial charge in [0.05, 0.1) is 61.1 Å². The standard InChI is InChI=1S/C38H41ClN6O5/c1-48-34-16-25(17-35(49-2)31(34)20-40-19-23-11-13-36(47)43-23)45-33-9-5-6-27(30(33)21-42-45)28-7-4-8-29(37(28)39)32-12-10-22(38(44-32)50-3)18-41-24-14-26(46)15-24/h4-10,12,16-17,21,23-24,26,40-41,46H,11,13-15,18-20H2,1-3H3,(H,43,47)/t23-,24?,26?/m0/s1. The molecule has 2 aliphatic rings. The van der Waals surface area contributed by atoms with Crippen LogP contribution in [0.1, 0.15) is 36.8 Å². The van der Waals surface area contributed by atoms with Crippen LogP contribution in [-0.4, -0.2) is 71.8 Å². The first-order valence-electron chi connectivity index (χ1n) is 16.8. The Hall–Kier alpha value is -4.68. The van der Waals surface area contributed by atoms with Crippen molar-refractivity contribution in [1.82, 2.24) is 30.7 Å². The molecule has 1 amide bonds. The molecule has 2 aromatic heterocycles. The Morgan fingerprint density at radius 3 is 2.40 bits per heavy atom. The molecule has 1 aliphatic heterocycles. The summed E-state index contributed by atoms with van der Waals surface area (Å²) in [5.74, 6) is 1.98. The van der Waals surface area contributed by atoms with Crippen LogP contribution in [-0.2, 0) is 17.9 Å². The molecule has 5 aromatic rings. The number of methoxy groups -OCH3 is 3. The summed E-state index contributed by atoms with van der Waals surface area (Å²) >= 11 is 7.16. The zero-order valence-corrected chi connectivity index (χ0v) is 29.1. The number of hydrogen-bond acceptors (Lipinski definition) is 9. The van der Waals surface area contributed by atoms with Crippen LogP contribution in [0.15, 0.2) is 66.9 Å². The third-order valence-corrected chi connectivity index (χ3v) is 10.0. The average molecular weight is 697 g/mol. The lowest BCUT2D eigenvalue weighted by atomic mass is 9.89. The zero-order valence-electron chi connectivity index (χ0n) is 28.3. The molecular weight excluding hydrogens is 656 g/mol. The molecule has 0 unspecified atom stereocenters. The van der Waals surface area contributed by atoms with E-state index in [4.69, 9.17) is 35.9 Å². The molecule has 1 atom stereocenters. The molecule has 2 fully saturated rings. The summed E-state index contributed by atoms with van der Waals surface area (Å²) in [6, 6.07) is 20.3. The second-order valence-corrected chi connectivity index (χ2v) is 13.2. The fraction of sp³-hybridized carbons (Fsp3) is 0.342. The van der Waals surface area contributed by atoms with E-state index in [1.54, 1.807) is 21.3 Å². The highest BCUT2D eigenvalue weighted by molar-refractivity contribution is 6.36. The van der Waals surface area contributed by atoms with Gasteiger partial charge in [0.2, 0.25) is 11.8 Å². The van der Waals surface area contributed by atoms with Crippen molar-refractivity contribution in [2.45, 2.75) is 57.0 Å². The van der Waals surface area contributed by atoms with Gasteiger partial charge in [0.1, 0.15) is 11.5 Å². The van der Waals surface area contributed by atoms with Gasteiger partial charge in [0.25, 0.3) is 0 Å². The van der Waals surface area contributed by atoms with Gasteiger partial charge >= 0.3 is 0 Å². The molecule has 3 aromatic carbocycles. The van der Waals surface area contributed by atoms with Gasteiger partial charge in [-0.25, -0.2) is 9.67 Å². The van der Waals surface area contributed by atoms with E-state index in [1.165, 1.54) is 0 Å². The minimum atomic E-state index is -0.212. The fourth-order valence-corrected chi connectivity index (χ4v) is 7.16. The molecule has 1 saturated carbocycles. The molecule has 3 heterocycles. The molecule has 12 heteroatoms. The van der Waals surface area contributed by atoms with Crippen molar-refractivity contribution in [3.63, 3.8) is 0 Å². The minimum absolute atomic E-state index is 0.0968. The predicted octanol–water partition coefficient (Wildman–Crippen LogP) is 5.41. The van der Waals surface area contributed by atoms with Crippen molar-refractivity contribution in [1.29, 1.82) is 0 Å². The van der Waals surface area contributed by atoms with Crippen molar-refractivity contribution in [2.75, 3.05) is 27.9 Å². The van der Waals surface area contributed by atoms with E-state index in [9.17, 15) is 9.90 Å². The van der Waals surface area contributed by atoms with Gasteiger partial charge in [-0.2, -0.15) is 5.10 Å². The summed E-state index contributed by atoms with van der Waals surface area (Å²) in [6.07, 6.45) is 4.56. The van der Waals surface area contributed by atoms with Gasteiger partial charge in [-0.15, -0.1) is 0 Å². The van der Waals surface area contributed by atoms with Gasteiger partial charge in [-0.1, -0.05) is 48.0 Å². The van der Waals surface area contributed by atoms with Gasteiger partial charge in [-0.3, -0.25) is 4.79 Å². The van der Waals surface area contributed by atoms with Crippen LogP contribution < -0.4 is 30.2 Å². The monoisotopic (exact) mass is 696 g/mol. The van der Waals surface area contributed by atoms with Crippen LogP contribution in [0.3, 0.4) is 0 Å². The van der Waals surface area contributed by atoms with Crippen molar-refractivity contribution in [3.8, 4) is 45.5 Å². The van der Waals surface area contributed by atoms with Crippen molar-refractivity contribution in [3.05, 3.63) is 83.0 Å². The van der Waals surface area contributed by atoms with E-state index in [0.29, 0.717) is 60.2 Å². The average Bonchev–Trinajstić information content (AvgIpc) is 3.75. The number of amides is 1. The first kappa shape index (κ1) is 33.8. The number of carbonyl (C=O) groups is 1. The SMILES string of the molecule is COc1cc(-n2ncc3c(-c4cccc(-c5ccc(CNC6CC(O)C6)c(OC)n5)c4Cl)cccc32)cc(OC)c1CNC[C@@H]1CCC(=O)N1. The summed E-state index contributed by atoms with van der Waals surface area (Å²) in [4.78, 5) is 16.4. The van der Waals surface area contributed by atoms with Crippen LogP contribution in [0, 0.1) is 0 Å². The molecule has 0 radical (unpaired) electrons. The van der Waals surface area contributed by atoms with Crippen LogP contribution >= 0.6 is 11.6 Å². The van der Waals surface area contributed by atoms with Gasteiger partial charge in [0.15, 0.2) is 0 Å². The molecule has 50 heavy (non-hydrogen) atoms. The zero-order chi connectivity index (χ0) is 34.8. The summed E-state index contributed by atoms with van der Waals surface area (Å²) in [5, 5.41) is 25.8. The normalized spacial score (nSPS) is 18.6. The lowest BCUT2D eigenvalue weighted by Gasteiger charge is -2.32. The van der Waals surface area contributed by atoms with E-state index in [1.807, 2.05) is 71.5 Å². The first-order chi connectivity index (χ1) is 24.4. The minimum Gasteiger partial charge on any atom is -0.496 e. The lowest BCUT2D eigenvalue weighted by molar-refractivity contribution is -0.119. The Bertz CT molecular complexity index is 2000. The van der Waals surface area contributed by atoms with E-state index >= 15 is 0 Å². The molecule has 0 bridgehead atoms. The maximum absolute atomic E-state index is 11.6. The predicted molar refractivity (Wildman–Crippen MR) is 193 cm³/mol. The molecular formula is C38H41ClN6O5. The number of benzene rings is 3. The number of fused-ring (bicyclic) bond motifs is 1. The Kier molecular flexibility index (Phi) is 9.91. The molecule has 1 aliphatic carbocycles. The number of rotatable bonds is 13. The third-order valence-electron chi connectivity index (χ3n) is 9.62. The maximum Gasteiger partial charge on any atom is 0.220 e. The molecule has 1 saturated heterocycles. The first-order valence-corrected chi connectivity index (χ1v) is 17.2. The Balaban J connectivity index is 1.17. The topological polar surface area (TPSA) is 132 Å². The van der Waals surface area contributed by atoms with Crippen LogP contribution in [0.5, 0.6) is 17.4 Å². The van der Waals surface area contributed by atoms with Crippen molar-refractivity contribution < 1.29 is 24.1 Å². The quantitative estimate of drug-likeness (QED) is 0.128. The second kappa shape index (κ2) is 14.7. The number of aliphatic hydroxyl groups excluding tert-OH is 1. The lowest BCUT2D eigenvalue weighted by Crippen LogP contribution is -2.43. The number of pyridine rings is 1. The highest BCUT2D eigenvalue weighted by Gasteiger charge is 2.27. The number of halogens is 1. The highest BCUT2D eigenvalue weighted by Crippen LogP contribution is 2.40. The van der Waals surface area contributed by atoms with Crippen LogP contribution in [0.25, 0.3) is 39.0 Å². The van der Waals surface area contributed by atoms with E-state index in [2.05, 4.69) is 16.0 Å². The third kappa shape index (κ3) is 6.74. The van der Waals surface area contributed by atoms with Crippen molar-refractivity contribution >= 4 is 28.4 Å². The van der Waals surface area contributed by atoms with E-state index < -0.39 is 0 Å². The number of hydrogen-bond donors (Lipinski definition) is 4. The summed E-state index contributed by atoms with van der Waals surface area (Å²) in [7, 11) is 4.90. The van der Waals surface area contributed by atoms with Crippen LogP contribution in [0.4, 0.5) is 0 Å². The Morgan fingerprint density at radius 2 is 1.70 bits per heavy atom. The molecule has 7 rings (SSSR count). The van der Waals surface area contributed by atoms with E-state index in [-0.39, 0.29) is 18.1 Å². The number of ether oxygens (including phenoxy) is 3. The fourth-order valence-electron chi connectivity index (χ4n) is 6.84. The second-order valence-electron chi connectivity index (χ2n) is 12.8. The van der Waals surface area contributed by atoms with Crippen LogP contribution in [0.2, 0.25) is 5.02 Å². The largest absolute Gasteiger partial charge is 0.496 e. The number of nitrogens with one attached hydrogen (secondary N) is 3. The molecule has 0 spiro atoms. The Labute approximate surface area is 295 Å². The molecule has 260 valence electrons. The van der Waals surface area contributed by atoms with Crippen molar-refractivity contribution in [2.24, 2.45) is 0 Å². The summed E-state index contributed by atoms with van der Waals surface area (Å²) < 4.78 is 19.2. The molecule has 4 N–H and O–H groups in total. The molecule has 11 nitrogen and oxygen atoms in total. The highest BCUT2D eigenvalue weighted by atomic mass is 35.5. The summed E-state index contributed by atoms with van der Waals surface area (Å²) in [5.41, 5.74) is 6.82. The van der Waals surface area contributed by atoms with E-state index in [0.717, 1.165) is 63.7 Å². The maximum atomic E-state index is 11.6. The Morgan fingerprint density at radius 1 is 0.960 bits per heavy atom. The number of aromatic nitrogens is 3. The number of aliphatic hydroxyl groups is 1. The number of nitrogens with zero attached hydrogens (tertiary/aromatic N) is 3. The number of carbonyl (C=O) groups excluding carboxylic acids is 1. The van der Waals surface area contributed by atoms with Gasteiger partial charge in [-0.05, 0) is 37.0 Å². The smallest absolute Gasteiger partial charge is 0.220 e. The van der Waals surface area contributed by atoms with Gasteiger partial charge in [0, 0.05) is 72.3 Å². The van der Waals surface area contributed by atoms with Gasteiger partial charge < -0.3 is 35.3 Å². The summed E-state index contributed by atoms with van der Waals surface area (Å²) in [6.45, 7) is 1.78.